The Bertz CT molecular complexity index is 584. The molecule has 1 rings (SSSR count). The Labute approximate surface area is 122 Å². The maximum Gasteiger partial charge on any atom is 0.408 e. The fourth-order valence-electron chi connectivity index (χ4n) is 1.50. The van der Waals surface area contributed by atoms with E-state index in [1.165, 1.54) is 0 Å². The van der Waals surface area contributed by atoms with Gasteiger partial charge in [0.25, 0.3) is 0 Å². The van der Waals surface area contributed by atoms with Crippen LogP contribution in [-0.4, -0.2) is 43.6 Å². The minimum atomic E-state index is -3.30. The second kappa shape index (κ2) is 7.63. The van der Waals surface area contributed by atoms with Crippen molar-refractivity contribution in [1.82, 2.24) is 5.32 Å². The number of carbonyl (C=O) groups is 2. The molecule has 1 unspecified atom stereocenters. The molecule has 1 atom stereocenters. The summed E-state index contributed by atoms with van der Waals surface area (Å²) >= 11 is 0. The number of sulfone groups is 1. The first-order valence-electron chi connectivity index (χ1n) is 6.15. The average Bonchev–Trinajstić information content (AvgIpc) is 2.41. The summed E-state index contributed by atoms with van der Waals surface area (Å²) in [6, 6.07) is 7.58. The molecule has 0 bridgehead atoms. The van der Waals surface area contributed by atoms with Crippen LogP contribution in [0.15, 0.2) is 30.3 Å². The molecule has 0 fully saturated rings. The Morgan fingerprint density at radius 1 is 1.29 bits per heavy atom. The van der Waals surface area contributed by atoms with Gasteiger partial charge in [-0.3, -0.25) is 0 Å². The van der Waals surface area contributed by atoms with Crippen LogP contribution in [0.2, 0.25) is 0 Å². The van der Waals surface area contributed by atoms with Crippen LogP contribution < -0.4 is 5.32 Å². The van der Waals surface area contributed by atoms with Gasteiger partial charge in [-0.2, -0.15) is 0 Å². The molecule has 0 aliphatic carbocycles. The fraction of sp³-hybridized carbons (Fsp3) is 0.385. The molecule has 0 aliphatic rings. The minimum Gasteiger partial charge on any atom is -0.480 e. The summed E-state index contributed by atoms with van der Waals surface area (Å²) < 4.78 is 26.9. The summed E-state index contributed by atoms with van der Waals surface area (Å²) in [7, 11) is -3.30. The predicted octanol–water partition coefficient (Wildman–Crippen LogP) is 0.801. The van der Waals surface area contributed by atoms with Gasteiger partial charge in [-0.05, 0) is 12.0 Å². The molecular weight excluding hydrogens is 298 g/mol. The van der Waals surface area contributed by atoms with Gasteiger partial charge in [-0.25, -0.2) is 18.0 Å². The first-order valence-corrected chi connectivity index (χ1v) is 8.22. The van der Waals surface area contributed by atoms with Crippen LogP contribution in [0.1, 0.15) is 12.0 Å². The van der Waals surface area contributed by atoms with E-state index in [0.717, 1.165) is 11.8 Å². The number of amides is 1. The average molecular weight is 315 g/mol. The number of carboxylic acid groups (broad SMARTS) is 1. The highest BCUT2D eigenvalue weighted by Crippen LogP contribution is 2.02. The largest absolute Gasteiger partial charge is 0.480 e. The molecule has 0 aliphatic heterocycles. The van der Waals surface area contributed by atoms with Crippen molar-refractivity contribution >= 4 is 21.9 Å². The third-order valence-electron chi connectivity index (χ3n) is 2.58. The smallest absolute Gasteiger partial charge is 0.408 e. The van der Waals surface area contributed by atoms with Crippen LogP contribution in [-0.2, 0) is 26.0 Å². The molecule has 0 saturated heterocycles. The van der Waals surface area contributed by atoms with E-state index in [4.69, 9.17) is 9.84 Å². The molecule has 1 amide bonds. The highest BCUT2D eigenvalue weighted by atomic mass is 32.2. The van der Waals surface area contributed by atoms with Gasteiger partial charge in [0, 0.05) is 6.26 Å². The van der Waals surface area contributed by atoms with Crippen LogP contribution in [0.4, 0.5) is 4.79 Å². The molecule has 8 heteroatoms. The van der Waals surface area contributed by atoms with E-state index in [0.29, 0.717) is 0 Å². The van der Waals surface area contributed by atoms with Gasteiger partial charge in [0.15, 0.2) is 0 Å². The second-order valence-electron chi connectivity index (χ2n) is 4.52. The first kappa shape index (κ1) is 17.0. The minimum absolute atomic E-state index is 0.00505. The fourth-order valence-corrected chi connectivity index (χ4v) is 2.16. The number of carboxylic acids is 1. The number of carbonyl (C=O) groups excluding carboxylic acids is 1. The summed E-state index contributed by atoms with van der Waals surface area (Å²) in [6.07, 6.45) is -0.117. The molecule has 0 aromatic heterocycles. The highest BCUT2D eigenvalue weighted by Gasteiger charge is 2.22. The van der Waals surface area contributed by atoms with Crippen molar-refractivity contribution in [2.75, 3.05) is 12.0 Å². The molecule has 7 nitrogen and oxygen atoms in total. The van der Waals surface area contributed by atoms with Gasteiger partial charge in [-0.15, -0.1) is 0 Å². The zero-order valence-corrected chi connectivity index (χ0v) is 12.3. The van der Waals surface area contributed by atoms with Crippen LogP contribution in [0, 0.1) is 0 Å². The van der Waals surface area contributed by atoms with Crippen LogP contribution in [0.25, 0.3) is 0 Å². The van der Waals surface area contributed by atoms with E-state index < -0.39 is 27.9 Å². The van der Waals surface area contributed by atoms with Gasteiger partial charge in [0.1, 0.15) is 22.5 Å². The monoisotopic (exact) mass is 315 g/mol. The molecule has 21 heavy (non-hydrogen) atoms. The van der Waals surface area contributed by atoms with Gasteiger partial charge in [0.2, 0.25) is 0 Å². The number of benzene rings is 1. The van der Waals surface area contributed by atoms with E-state index in [1.807, 2.05) is 6.07 Å². The Morgan fingerprint density at radius 3 is 2.43 bits per heavy atom. The van der Waals surface area contributed by atoms with E-state index in [9.17, 15) is 18.0 Å². The maximum atomic E-state index is 11.5. The van der Waals surface area contributed by atoms with Crippen molar-refractivity contribution in [2.24, 2.45) is 0 Å². The van der Waals surface area contributed by atoms with E-state index in [1.54, 1.807) is 24.3 Å². The normalized spacial score (nSPS) is 12.4. The summed E-state index contributed by atoms with van der Waals surface area (Å²) in [6.45, 7) is 0.00505. The van der Waals surface area contributed by atoms with Crippen molar-refractivity contribution in [2.45, 2.75) is 19.1 Å². The molecule has 0 radical (unpaired) electrons. The Hall–Kier alpha value is -2.09. The van der Waals surface area contributed by atoms with Gasteiger partial charge in [-0.1, -0.05) is 30.3 Å². The third-order valence-corrected chi connectivity index (χ3v) is 3.56. The Morgan fingerprint density at radius 2 is 1.90 bits per heavy atom. The molecule has 0 heterocycles. The predicted molar refractivity (Wildman–Crippen MR) is 75.5 cm³/mol. The molecule has 0 spiro atoms. The Kier molecular flexibility index (Phi) is 6.16. The molecular formula is C13H17NO6S. The lowest BCUT2D eigenvalue weighted by molar-refractivity contribution is -0.139. The number of alkyl carbamates (subject to hydrolysis) is 1. The van der Waals surface area contributed by atoms with E-state index in [2.05, 4.69) is 5.32 Å². The molecule has 116 valence electrons. The Balaban J connectivity index is 2.47. The number of nitrogens with one attached hydrogen (secondary N) is 1. The molecule has 1 aromatic carbocycles. The maximum absolute atomic E-state index is 11.5. The third kappa shape index (κ3) is 7.31. The van der Waals surface area contributed by atoms with Crippen LogP contribution in [0.5, 0.6) is 0 Å². The zero-order valence-electron chi connectivity index (χ0n) is 11.5. The SMILES string of the molecule is CS(=O)(=O)CCC(NC(=O)OCc1ccccc1)C(=O)O. The number of rotatable bonds is 7. The van der Waals surface area contributed by atoms with Crippen molar-refractivity contribution < 1.29 is 27.9 Å². The standard InChI is InChI=1S/C13H17NO6S/c1-21(18,19)8-7-11(12(15)16)14-13(17)20-9-10-5-3-2-4-6-10/h2-6,11H,7-9H2,1H3,(H,14,17)(H,15,16). The van der Waals surface area contributed by atoms with Crippen molar-refractivity contribution in [3.8, 4) is 0 Å². The summed E-state index contributed by atoms with van der Waals surface area (Å²) in [4.78, 5) is 22.5. The highest BCUT2D eigenvalue weighted by molar-refractivity contribution is 7.90. The van der Waals surface area contributed by atoms with Gasteiger partial charge >= 0.3 is 12.1 Å². The number of hydrogen-bond acceptors (Lipinski definition) is 5. The second-order valence-corrected chi connectivity index (χ2v) is 6.78. The van der Waals surface area contributed by atoms with E-state index in [-0.39, 0.29) is 18.8 Å². The lowest BCUT2D eigenvalue weighted by atomic mass is 10.2. The topological polar surface area (TPSA) is 110 Å². The summed E-state index contributed by atoms with van der Waals surface area (Å²) in [5.41, 5.74) is 0.760. The van der Waals surface area contributed by atoms with Crippen molar-refractivity contribution in [1.29, 1.82) is 0 Å². The molecule has 1 aromatic rings. The van der Waals surface area contributed by atoms with Gasteiger partial charge in [0.05, 0.1) is 5.75 Å². The quantitative estimate of drug-likeness (QED) is 0.770. The van der Waals surface area contributed by atoms with Crippen LogP contribution in [0.3, 0.4) is 0 Å². The van der Waals surface area contributed by atoms with Crippen LogP contribution >= 0.6 is 0 Å². The summed E-state index contributed by atoms with van der Waals surface area (Å²) in [5, 5.41) is 11.1. The van der Waals surface area contributed by atoms with Crippen molar-refractivity contribution in [3.63, 3.8) is 0 Å². The van der Waals surface area contributed by atoms with Gasteiger partial charge < -0.3 is 15.2 Å². The van der Waals surface area contributed by atoms with Crippen molar-refractivity contribution in [3.05, 3.63) is 35.9 Å². The number of ether oxygens (including phenoxy) is 1. The molecule has 2 N–H and O–H groups in total. The lowest BCUT2D eigenvalue weighted by Crippen LogP contribution is -2.42. The first-order chi connectivity index (χ1) is 9.78. The summed E-state index contributed by atoms with van der Waals surface area (Å²) in [5.74, 6) is -1.64. The molecule has 0 saturated carbocycles. The van der Waals surface area contributed by atoms with E-state index >= 15 is 0 Å². The zero-order chi connectivity index (χ0) is 15.9. The number of aliphatic carboxylic acids is 1. The lowest BCUT2D eigenvalue weighted by Gasteiger charge is -2.14. The number of hydrogen-bond donors (Lipinski definition) is 2.